The van der Waals surface area contributed by atoms with Crippen LogP contribution in [-0.2, 0) is 0 Å². The molecule has 0 saturated carbocycles. The van der Waals surface area contributed by atoms with Crippen LogP contribution in [0.3, 0.4) is 0 Å². The van der Waals surface area contributed by atoms with E-state index in [1.807, 2.05) is 6.92 Å². The molecule has 0 fully saturated rings. The van der Waals surface area contributed by atoms with Gasteiger partial charge in [-0.15, -0.1) is 0 Å². The monoisotopic (exact) mass is 251 g/mol. The molecule has 100 valence electrons. The van der Waals surface area contributed by atoms with Gasteiger partial charge in [0, 0.05) is 11.6 Å². The SMILES string of the molecule is CCC(C)C(C)NC(=O)c1ccc(OC)c(O)c1. The van der Waals surface area contributed by atoms with Crippen molar-refractivity contribution in [2.45, 2.75) is 33.2 Å². The molecule has 0 aliphatic rings. The zero-order valence-corrected chi connectivity index (χ0v) is 11.4. The molecule has 4 heteroatoms. The number of hydrogen-bond acceptors (Lipinski definition) is 3. The second kappa shape index (κ2) is 6.28. The van der Waals surface area contributed by atoms with Crippen LogP contribution in [0.2, 0.25) is 0 Å². The number of aromatic hydroxyl groups is 1. The maximum Gasteiger partial charge on any atom is 0.251 e. The summed E-state index contributed by atoms with van der Waals surface area (Å²) < 4.78 is 4.93. The van der Waals surface area contributed by atoms with Crippen molar-refractivity contribution in [3.8, 4) is 11.5 Å². The van der Waals surface area contributed by atoms with E-state index in [1.54, 1.807) is 12.1 Å². The number of rotatable bonds is 5. The Hall–Kier alpha value is -1.71. The van der Waals surface area contributed by atoms with Crippen LogP contribution in [0.4, 0.5) is 0 Å². The first-order valence-electron chi connectivity index (χ1n) is 6.17. The predicted octanol–water partition coefficient (Wildman–Crippen LogP) is 2.57. The summed E-state index contributed by atoms with van der Waals surface area (Å²) in [5.74, 6) is 0.574. The average Bonchev–Trinajstić information content (AvgIpc) is 2.37. The van der Waals surface area contributed by atoms with Crippen molar-refractivity contribution in [2.75, 3.05) is 7.11 Å². The van der Waals surface area contributed by atoms with E-state index in [1.165, 1.54) is 13.2 Å². The number of carbonyl (C=O) groups excluding carboxylic acids is 1. The Bertz CT molecular complexity index is 418. The van der Waals surface area contributed by atoms with Gasteiger partial charge in [-0.05, 0) is 31.0 Å². The van der Waals surface area contributed by atoms with Crippen LogP contribution >= 0.6 is 0 Å². The fourth-order valence-electron chi connectivity index (χ4n) is 1.62. The van der Waals surface area contributed by atoms with E-state index < -0.39 is 0 Å². The van der Waals surface area contributed by atoms with Crippen LogP contribution in [-0.4, -0.2) is 24.2 Å². The Morgan fingerprint density at radius 2 is 2.11 bits per heavy atom. The first kappa shape index (κ1) is 14.4. The lowest BCUT2D eigenvalue weighted by Gasteiger charge is -2.20. The quantitative estimate of drug-likeness (QED) is 0.845. The Balaban J connectivity index is 2.76. The summed E-state index contributed by atoms with van der Waals surface area (Å²) in [6.45, 7) is 6.17. The third kappa shape index (κ3) is 3.39. The van der Waals surface area contributed by atoms with Gasteiger partial charge in [-0.1, -0.05) is 20.3 Å². The summed E-state index contributed by atoms with van der Waals surface area (Å²) in [5, 5.41) is 12.5. The Kier molecular flexibility index (Phi) is 5.01. The molecule has 0 radical (unpaired) electrons. The highest BCUT2D eigenvalue weighted by molar-refractivity contribution is 5.95. The minimum atomic E-state index is -0.180. The number of nitrogens with one attached hydrogen (secondary N) is 1. The smallest absolute Gasteiger partial charge is 0.251 e. The Morgan fingerprint density at radius 3 is 2.61 bits per heavy atom. The van der Waals surface area contributed by atoms with Gasteiger partial charge in [0.15, 0.2) is 11.5 Å². The molecule has 4 nitrogen and oxygen atoms in total. The van der Waals surface area contributed by atoms with Crippen molar-refractivity contribution in [3.05, 3.63) is 23.8 Å². The standard InChI is InChI=1S/C14H21NO3/c1-5-9(2)10(3)15-14(17)11-6-7-13(18-4)12(16)8-11/h6-10,16H,5H2,1-4H3,(H,15,17). The van der Waals surface area contributed by atoms with Crippen molar-refractivity contribution < 1.29 is 14.6 Å². The summed E-state index contributed by atoms with van der Waals surface area (Å²) in [6, 6.07) is 4.74. The molecule has 0 spiro atoms. The average molecular weight is 251 g/mol. The fourth-order valence-corrected chi connectivity index (χ4v) is 1.62. The largest absolute Gasteiger partial charge is 0.504 e. The van der Waals surface area contributed by atoms with Gasteiger partial charge in [-0.25, -0.2) is 0 Å². The van der Waals surface area contributed by atoms with Gasteiger partial charge in [0.25, 0.3) is 5.91 Å². The molecule has 0 aromatic heterocycles. The van der Waals surface area contributed by atoms with Crippen molar-refractivity contribution in [1.82, 2.24) is 5.32 Å². The number of ether oxygens (including phenoxy) is 1. The highest BCUT2D eigenvalue weighted by Crippen LogP contribution is 2.26. The van der Waals surface area contributed by atoms with Gasteiger partial charge in [0.2, 0.25) is 0 Å². The number of benzene rings is 1. The fraction of sp³-hybridized carbons (Fsp3) is 0.500. The molecule has 0 heterocycles. The molecule has 18 heavy (non-hydrogen) atoms. The van der Waals surface area contributed by atoms with Gasteiger partial charge in [0.1, 0.15) is 0 Å². The maximum atomic E-state index is 12.0. The van der Waals surface area contributed by atoms with Crippen molar-refractivity contribution in [3.63, 3.8) is 0 Å². The summed E-state index contributed by atoms with van der Waals surface area (Å²) in [5.41, 5.74) is 0.434. The van der Waals surface area contributed by atoms with Crippen LogP contribution in [0, 0.1) is 5.92 Å². The van der Waals surface area contributed by atoms with Gasteiger partial charge in [0.05, 0.1) is 7.11 Å². The molecule has 2 unspecified atom stereocenters. The van der Waals surface area contributed by atoms with E-state index in [9.17, 15) is 9.90 Å². The first-order chi connectivity index (χ1) is 8.49. The van der Waals surface area contributed by atoms with Gasteiger partial charge in [-0.2, -0.15) is 0 Å². The second-order valence-electron chi connectivity index (χ2n) is 4.53. The molecule has 0 aliphatic carbocycles. The Morgan fingerprint density at radius 1 is 1.44 bits per heavy atom. The molecule has 0 aliphatic heterocycles. The molecule has 2 N–H and O–H groups in total. The van der Waals surface area contributed by atoms with Crippen molar-refractivity contribution in [1.29, 1.82) is 0 Å². The molecule has 1 aromatic rings. The van der Waals surface area contributed by atoms with E-state index >= 15 is 0 Å². The summed E-state index contributed by atoms with van der Waals surface area (Å²) in [6.07, 6.45) is 1.01. The number of carbonyl (C=O) groups is 1. The molecule has 1 rings (SSSR count). The molecular formula is C14H21NO3. The predicted molar refractivity (Wildman–Crippen MR) is 71.0 cm³/mol. The lowest BCUT2D eigenvalue weighted by atomic mass is 10.0. The van der Waals surface area contributed by atoms with Crippen LogP contribution in [0.15, 0.2) is 18.2 Å². The number of methoxy groups -OCH3 is 1. The second-order valence-corrected chi connectivity index (χ2v) is 4.53. The maximum absolute atomic E-state index is 12.0. The number of phenols is 1. The van der Waals surface area contributed by atoms with Crippen molar-refractivity contribution in [2.24, 2.45) is 5.92 Å². The number of amides is 1. The number of phenolic OH excluding ortho intramolecular Hbond substituents is 1. The molecule has 0 bridgehead atoms. The summed E-state index contributed by atoms with van der Waals surface area (Å²) in [4.78, 5) is 12.0. The van der Waals surface area contributed by atoms with E-state index in [0.29, 0.717) is 17.2 Å². The van der Waals surface area contributed by atoms with E-state index in [0.717, 1.165) is 6.42 Å². The molecule has 2 atom stereocenters. The van der Waals surface area contributed by atoms with Gasteiger partial charge < -0.3 is 15.2 Å². The van der Waals surface area contributed by atoms with E-state index in [-0.39, 0.29) is 17.7 Å². The number of hydrogen-bond donors (Lipinski definition) is 2. The van der Waals surface area contributed by atoms with Crippen LogP contribution in [0.1, 0.15) is 37.6 Å². The summed E-state index contributed by atoms with van der Waals surface area (Å²) >= 11 is 0. The topological polar surface area (TPSA) is 58.6 Å². The highest BCUT2D eigenvalue weighted by atomic mass is 16.5. The lowest BCUT2D eigenvalue weighted by molar-refractivity contribution is 0.0927. The van der Waals surface area contributed by atoms with Crippen molar-refractivity contribution >= 4 is 5.91 Å². The third-order valence-electron chi connectivity index (χ3n) is 3.30. The normalized spacial score (nSPS) is 13.8. The Labute approximate surface area is 108 Å². The van der Waals surface area contributed by atoms with Gasteiger partial charge in [-0.3, -0.25) is 4.79 Å². The van der Waals surface area contributed by atoms with E-state index in [2.05, 4.69) is 19.2 Å². The van der Waals surface area contributed by atoms with E-state index in [4.69, 9.17) is 4.74 Å². The minimum absolute atomic E-state index is 0.0265. The molecular weight excluding hydrogens is 230 g/mol. The summed E-state index contributed by atoms with van der Waals surface area (Å²) in [7, 11) is 1.47. The van der Waals surface area contributed by atoms with Crippen LogP contribution in [0.5, 0.6) is 11.5 Å². The highest BCUT2D eigenvalue weighted by Gasteiger charge is 2.15. The van der Waals surface area contributed by atoms with Gasteiger partial charge >= 0.3 is 0 Å². The molecule has 0 saturated heterocycles. The van der Waals surface area contributed by atoms with Crippen LogP contribution < -0.4 is 10.1 Å². The zero-order valence-electron chi connectivity index (χ0n) is 11.4. The zero-order chi connectivity index (χ0) is 13.7. The minimum Gasteiger partial charge on any atom is -0.504 e. The lowest BCUT2D eigenvalue weighted by Crippen LogP contribution is -2.36. The van der Waals surface area contributed by atoms with Crippen LogP contribution in [0.25, 0.3) is 0 Å². The third-order valence-corrected chi connectivity index (χ3v) is 3.30. The molecule has 1 amide bonds. The first-order valence-corrected chi connectivity index (χ1v) is 6.17. The molecule has 1 aromatic carbocycles.